The van der Waals surface area contributed by atoms with Crippen molar-refractivity contribution in [1.82, 2.24) is 5.48 Å². The van der Waals surface area contributed by atoms with Gasteiger partial charge >= 0.3 is 0 Å². The molecule has 3 nitrogen and oxygen atoms in total. The molecule has 1 unspecified atom stereocenters. The normalized spacial score (nSPS) is 24.7. The van der Waals surface area contributed by atoms with Gasteiger partial charge in [0.15, 0.2) is 0 Å². The molecule has 1 aliphatic heterocycles. The van der Waals surface area contributed by atoms with Gasteiger partial charge in [0.1, 0.15) is 0 Å². The van der Waals surface area contributed by atoms with E-state index in [1.165, 1.54) is 0 Å². The van der Waals surface area contributed by atoms with Gasteiger partial charge in [-0.2, -0.15) is 5.48 Å². The van der Waals surface area contributed by atoms with Crippen LogP contribution < -0.4 is 5.48 Å². The highest BCUT2D eigenvalue weighted by atomic mass is 16.6. The van der Waals surface area contributed by atoms with E-state index in [1.807, 2.05) is 0 Å². The number of hydrogen-bond acceptors (Lipinski definition) is 3. The van der Waals surface area contributed by atoms with Gasteiger partial charge in [-0.3, -0.25) is 0 Å². The Bertz CT molecular complexity index is 120. The highest BCUT2D eigenvalue weighted by Crippen LogP contribution is 2.07. The van der Waals surface area contributed by atoms with Crippen LogP contribution >= 0.6 is 0 Å². The molecule has 13 heavy (non-hydrogen) atoms. The summed E-state index contributed by atoms with van der Waals surface area (Å²) in [6.45, 7) is 6.86. The maximum absolute atomic E-state index is 5.38. The molecule has 1 fully saturated rings. The third kappa shape index (κ3) is 5.24. The summed E-state index contributed by atoms with van der Waals surface area (Å²) in [5.74, 6) is 0.592. The Morgan fingerprint density at radius 2 is 2.23 bits per heavy atom. The van der Waals surface area contributed by atoms with Crippen molar-refractivity contribution in [1.29, 1.82) is 0 Å². The Balaban J connectivity index is 2.05. The quantitative estimate of drug-likeness (QED) is 0.680. The molecule has 0 aromatic heterocycles. The zero-order chi connectivity index (χ0) is 9.52. The smallest absolute Gasteiger partial charge is 0.0705 e. The van der Waals surface area contributed by atoms with Gasteiger partial charge in [0.2, 0.25) is 0 Å². The lowest BCUT2D eigenvalue weighted by Gasteiger charge is -2.16. The lowest BCUT2D eigenvalue weighted by molar-refractivity contribution is -0.00333. The van der Waals surface area contributed by atoms with Crippen LogP contribution in [-0.4, -0.2) is 25.9 Å². The minimum absolute atomic E-state index is 0.487. The minimum Gasteiger partial charge on any atom is -0.381 e. The van der Waals surface area contributed by atoms with E-state index in [1.54, 1.807) is 0 Å². The molecule has 0 aromatic carbocycles. The van der Waals surface area contributed by atoms with Crippen molar-refractivity contribution in [2.75, 3.05) is 19.8 Å². The highest BCUT2D eigenvalue weighted by molar-refractivity contribution is 4.64. The van der Waals surface area contributed by atoms with Crippen LogP contribution in [0, 0.1) is 5.92 Å². The molecule has 0 aliphatic carbocycles. The molecule has 1 N–H and O–H groups in total. The summed E-state index contributed by atoms with van der Waals surface area (Å²) >= 11 is 0. The SMILES string of the molecule is CC(C)CONC1CCCOCC1. The maximum atomic E-state index is 5.38. The molecule has 1 rings (SSSR count). The molecule has 0 spiro atoms. The van der Waals surface area contributed by atoms with Crippen LogP contribution in [-0.2, 0) is 9.57 Å². The van der Waals surface area contributed by atoms with Crippen molar-refractivity contribution in [2.24, 2.45) is 5.92 Å². The van der Waals surface area contributed by atoms with Gasteiger partial charge in [0.25, 0.3) is 0 Å². The van der Waals surface area contributed by atoms with Crippen LogP contribution in [0.5, 0.6) is 0 Å². The van der Waals surface area contributed by atoms with E-state index in [4.69, 9.17) is 9.57 Å². The van der Waals surface area contributed by atoms with Crippen molar-refractivity contribution < 1.29 is 9.57 Å². The van der Waals surface area contributed by atoms with Crippen molar-refractivity contribution >= 4 is 0 Å². The summed E-state index contributed by atoms with van der Waals surface area (Å²) in [4.78, 5) is 5.38. The Kier molecular flexibility index (Phi) is 5.35. The minimum atomic E-state index is 0.487. The molecule has 0 bridgehead atoms. The predicted octanol–water partition coefficient (Wildman–Crippen LogP) is 1.73. The zero-order valence-electron chi connectivity index (χ0n) is 8.71. The van der Waals surface area contributed by atoms with Crippen LogP contribution in [0.3, 0.4) is 0 Å². The molecule has 3 heteroatoms. The molecule has 0 aromatic rings. The molecule has 1 saturated heterocycles. The standard InChI is InChI=1S/C10H21NO2/c1-9(2)8-13-11-10-4-3-6-12-7-5-10/h9-11H,3-8H2,1-2H3. The first-order valence-corrected chi connectivity index (χ1v) is 5.24. The zero-order valence-corrected chi connectivity index (χ0v) is 8.71. The van der Waals surface area contributed by atoms with Crippen molar-refractivity contribution in [3.05, 3.63) is 0 Å². The molecule has 1 heterocycles. The number of nitrogens with one attached hydrogen (secondary N) is 1. The molecule has 1 atom stereocenters. The van der Waals surface area contributed by atoms with Crippen LogP contribution in [0.1, 0.15) is 33.1 Å². The van der Waals surface area contributed by atoms with Gasteiger partial charge in [-0.1, -0.05) is 13.8 Å². The van der Waals surface area contributed by atoms with Crippen LogP contribution in [0.4, 0.5) is 0 Å². The highest BCUT2D eigenvalue weighted by Gasteiger charge is 2.11. The molecule has 1 aliphatic rings. The predicted molar refractivity (Wildman–Crippen MR) is 52.4 cm³/mol. The second-order valence-corrected chi connectivity index (χ2v) is 4.06. The topological polar surface area (TPSA) is 30.5 Å². The molecule has 78 valence electrons. The number of ether oxygens (including phenoxy) is 1. The van der Waals surface area contributed by atoms with Gasteiger partial charge < -0.3 is 9.57 Å². The second kappa shape index (κ2) is 6.35. The summed E-state index contributed by atoms with van der Waals surface area (Å²) in [7, 11) is 0. The van der Waals surface area contributed by atoms with Gasteiger partial charge in [-0.25, -0.2) is 0 Å². The average molecular weight is 187 g/mol. The van der Waals surface area contributed by atoms with Crippen LogP contribution in [0.15, 0.2) is 0 Å². The van der Waals surface area contributed by atoms with E-state index in [-0.39, 0.29) is 0 Å². The number of hydrogen-bond donors (Lipinski definition) is 1. The summed E-state index contributed by atoms with van der Waals surface area (Å²) in [5, 5.41) is 0. The summed E-state index contributed by atoms with van der Waals surface area (Å²) in [5.41, 5.74) is 3.11. The lowest BCUT2D eigenvalue weighted by atomic mass is 10.1. The van der Waals surface area contributed by atoms with E-state index in [0.29, 0.717) is 12.0 Å². The number of rotatable bonds is 4. The first-order valence-electron chi connectivity index (χ1n) is 5.24. The monoisotopic (exact) mass is 187 g/mol. The van der Waals surface area contributed by atoms with E-state index in [2.05, 4.69) is 19.3 Å². The summed E-state index contributed by atoms with van der Waals surface area (Å²) in [6, 6.07) is 0.487. The molecule has 0 radical (unpaired) electrons. The third-order valence-electron chi connectivity index (χ3n) is 2.12. The molecule has 0 saturated carbocycles. The molecular weight excluding hydrogens is 166 g/mol. The van der Waals surface area contributed by atoms with Crippen molar-refractivity contribution in [2.45, 2.75) is 39.2 Å². The summed E-state index contributed by atoms with van der Waals surface area (Å²) in [6.07, 6.45) is 3.37. The first-order chi connectivity index (χ1) is 6.29. The largest absolute Gasteiger partial charge is 0.381 e. The summed E-state index contributed by atoms with van der Waals surface area (Å²) < 4.78 is 5.36. The fourth-order valence-corrected chi connectivity index (χ4v) is 1.35. The Morgan fingerprint density at radius 3 is 3.00 bits per heavy atom. The maximum Gasteiger partial charge on any atom is 0.0705 e. The van der Waals surface area contributed by atoms with E-state index in [9.17, 15) is 0 Å². The van der Waals surface area contributed by atoms with E-state index in [0.717, 1.165) is 39.1 Å². The van der Waals surface area contributed by atoms with Gasteiger partial charge in [0, 0.05) is 19.3 Å². The van der Waals surface area contributed by atoms with Crippen molar-refractivity contribution in [3.8, 4) is 0 Å². The van der Waals surface area contributed by atoms with Gasteiger partial charge in [-0.05, 0) is 25.2 Å². The van der Waals surface area contributed by atoms with E-state index < -0.39 is 0 Å². The Labute approximate surface area is 80.7 Å². The van der Waals surface area contributed by atoms with Gasteiger partial charge in [-0.15, -0.1) is 0 Å². The molecule has 0 amide bonds. The third-order valence-corrected chi connectivity index (χ3v) is 2.12. The average Bonchev–Trinajstić information content (AvgIpc) is 2.32. The fraction of sp³-hybridized carbons (Fsp3) is 1.00. The Hall–Kier alpha value is -0.120. The second-order valence-electron chi connectivity index (χ2n) is 4.06. The Morgan fingerprint density at radius 1 is 1.38 bits per heavy atom. The fourth-order valence-electron chi connectivity index (χ4n) is 1.35. The van der Waals surface area contributed by atoms with Crippen LogP contribution in [0.2, 0.25) is 0 Å². The van der Waals surface area contributed by atoms with Crippen LogP contribution in [0.25, 0.3) is 0 Å². The lowest BCUT2D eigenvalue weighted by Crippen LogP contribution is -2.30. The number of hydroxylamine groups is 1. The van der Waals surface area contributed by atoms with Gasteiger partial charge in [0.05, 0.1) is 6.61 Å². The molecular formula is C10H21NO2. The van der Waals surface area contributed by atoms with E-state index >= 15 is 0 Å². The van der Waals surface area contributed by atoms with Crippen molar-refractivity contribution in [3.63, 3.8) is 0 Å². The first kappa shape index (κ1) is 11.0.